The molecule has 0 bridgehead atoms. The third-order valence-electron chi connectivity index (χ3n) is 4.54. The summed E-state index contributed by atoms with van der Waals surface area (Å²) in [7, 11) is 1.48. The van der Waals surface area contributed by atoms with Crippen molar-refractivity contribution in [2.45, 2.75) is 20.3 Å². The molecule has 0 fully saturated rings. The van der Waals surface area contributed by atoms with Gasteiger partial charge in [0.1, 0.15) is 5.75 Å². The Labute approximate surface area is 183 Å². The first kappa shape index (κ1) is 21.5. The van der Waals surface area contributed by atoms with Gasteiger partial charge < -0.3 is 15.8 Å². The molecule has 0 saturated heterocycles. The highest BCUT2D eigenvalue weighted by Crippen LogP contribution is 2.31. The van der Waals surface area contributed by atoms with Crippen LogP contribution in [0.2, 0.25) is 0 Å². The van der Waals surface area contributed by atoms with Crippen LogP contribution >= 0.6 is 15.9 Å². The van der Waals surface area contributed by atoms with Gasteiger partial charge in [0.25, 0.3) is 5.91 Å². The summed E-state index contributed by atoms with van der Waals surface area (Å²) in [6, 6.07) is 13.1. The number of hydrogen-bond acceptors (Lipinski definition) is 4. The fourth-order valence-corrected chi connectivity index (χ4v) is 3.72. The Kier molecular flexibility index (Phi) is 6.52. The number of benzene rings is 2. The van der Waals surface area contributed by atoms with Crippen molar-refractivity contribution in [1.82, 2.24) is 4.98 Å². The van der Waals surface area contributed by atoms with E-state index in [2.05, 4.69) is 44.4 Å². The lowest BCUT2D eigenvalue weighted by atomic mass is 10.0. The molecule has 3 aromatic rings. The van der Waals surface area contributed by atoms with E-state index in [0.29, 0.717) is 15.9 Å². The smallest absolute Gasteiger partial charge is 0.250 e. The fraction of sp³-hybridized carbons (Fsp3) is 0.174. The molecule has 154 valence electrons. The molecule has 3 rings (SSSR count). The largest absolute Gasteiger partial charge is 0.496 e. The van der Waals surface area contributed by atoms with Crippen molar-refractivity contribution in [3.8, 4) is 17.0 Å². The van der Waals surface area contributed by atoms with Crippen LogP contribution in [0.3, 0.4) is 0 Å². The minimum Gasteiger partial charge on any atom is -0.496 e. The van der Waals surface area contributed by atoms with Crippen LogP contribution in [0.4, 0.5) is 5.69 Å². The summed E-state index contributed by atoms with van der Waals surface area (Å²) in [5.74, 6) is -0.487. The van der Waals surface area contributed by atoms with Crippen LogP contribution in [0, 0.1) is 13.8 Å². The van der Waals surface area contributed by atoms with E-state index < -0.39 is 5.91 Å². The number of carbonyl (C=O) groups excluding carboxylic acids is 2. The van der Waals surface area contributed by atoms with Crippen LogP contribution in [0.1, 0.15) is 27.0 Å². The molecule has 0 aliphatic heterocycles. The van der Waals surface area contributed by atoms with Gasteiger partial charge in [0.15, 0.2) is 0 Å². The van der Waals surface area contributed by atoms with Crippen molar-refractivity contribution in [2.24, 2.45) is 5.73 Å². The number of aromatic nitrogens is 1. The number of nitrogens with zero attached hydrogens (tertiary/aromatic N) is 1. The number of nitrogens with two attached hydrogens (primary N) is 1. The molecule has 0 spiro atoms. The number of pyridine rings is 1. The van der Waals surface area contributed by atoms with E-state index in [1.54, 1.807) is 12.3 Å². The number of ether oxygens (including phenoxy) is 1. The minimum atomic E-state index is -0.657. The normalized spacial score (nSPS) is 10.5. The Morgan fingerprint density at radius 2 is 1.80 bits per heavy atom. The summed E-state index contributed by atoms with van der Waals surface area (Å²) < 4.78 is 5.78. The Hall–Kier alpha value is -3.19. The summed E-state index contributed by atoms with van der Waals surface area (Å²) in [5, 5.41) is 2.74. The molecule has 30 heavy (non-hydrogen) atoms. The predicted octanol–water partition coefficient (Wildman–Crippen LogP) is 4.42. The lowest BCUT2D eigenvalue weighted by Gasteiger charge is -2.12. The summed E-state index contributed by atoms with van der Waals surface area (Å²) in [4.78, 5) is 28.8. The molecule has 0 radical (unpaired) electrons. The maximum absolute atomic E-state index is 12.5. The van der Waals surface area contributed by atoms with Crippen LogP contribution in [-0.4, -0.2) is 23.9 Å². The zero-order chi connectivity index (χ0) is 21.8. The molecule has 0 saturated carbocycles. The van der Waals surface area contributed by atoms with Gasteiger partial charge in [-0.1, -0.05) is 23.3 Å². The molecule has 6 nitrogen and oxygen atoms in total. The lowest BCUT2D eigenvalue weighted by molar-refractivity contribution is -0.115. The van der Waals surface area contributed by atoms with Gasteiger partial charge in [-0.05, 0) is 65.7 Å². The molecule has 0 unspecified atom stereocenters. The molecular weight excluding hydrogens is 446 g/mol. The number of anilines is 1. The maximum Gasteiger partial charge on any atom is 0.250 e. The van der Waals surface area contributed by atoms with Crippen molar-refractivity contribution in [2.75, 3.05) is 12.4 Å². The minimum absolute atomic E-state index is 0.113. The Morgan fingerprint density at radius 1 is 1.10 bits per heavy atom. The number of amides is 2. The standard InChI is InChI=1S/C23H22BrN3O3/c1-13-6-14(2)8-16(7-13)19-5-4-15(12-26-19)9-22(28)27-20-11-18(24)21(30-3)10-17(20)23(25)29/h4-8,10-12H,9H2,1-3H3,(H2,25,29)(H,27,28). The first-order valence-corrected chi connectivity index (χ1v) is 10.1. The second-order valence-corrected chi connectivity index (χ2v) is 7.90. The van der Waals surface area contributed by atoms with Crippen molar-refractivity contribution < 1.29 is 14.3 Å². The van der Waals surface area contributed by atoms with Crippen LogP contribution in [0.5, 0.6) is 5.75 Å². The van der Waals surface area contributed by atoms with E-state index in [0.717, 1.165) is 16.8 Å². The first-order chi connectivity index (χ1) is 14.3. The summed E-state index contributed by atoms with van der Waals surface area (Å²) in [5.41, 5.74) is 10.9. The molecule has 1 heterocycles. The van der Waals surface area contributed by atoms with E-state index in [9.17, 15) is 9.59 Å². The van der Waals surface area contributed by atoms with E-state index >= 15 is 0 Å². The molecular formula is C23H22BrN3O3. The van der Waals surface area contributed by atoms with Crippen LogP contribution in [0.15, 0.2) is 53.1 Å². The number of aryl methyl sites for hydroxylation is 2. The van der Waals surface area contributed by atoms with Gasteiger partial charge in [-0.2, -0.15) is 0 Å². The Morgan fingerprint density at radius 3 is 2.37 bits per heavy atom. The van der Waals surface area contributed by atoms with Crippen LogP contribution in [-0.2, 0) is 11.2 Å². The summed E-state index contributed by atoms with van der Waals surface area (Å²) >= 11 is 3.35. The average molecular weight is 468 g/mol. The SMILES string of the molecule is COc1cc(C(N)=O)c(NC(=O)Cc2ccc(-c3cc(C)cc(C)c3)nc2)cc1Br. The van der Waals surface area contributed by atoms with Gasteiger partial charge in [-0.15, -0.1) is 0 Å². The molecule has 7 heteroatoms. The second-order valence-electron chi connectivity index (χ2n) is 7.05. The monoisotopic (exact) mass is 467 g/mol. The van der Waals surface area contributed by atoms with Crippen LogP contribution < -0.4 is 15.8 Å². The number of hydrogen-bond donors (Lipinski definition) is 2. The van der Waals surface area contributed by atoms with Crippen LogP contribution in [0.25, 0.3) is 11.3 Å². The highest BCUT2D eigenvalue weighted by molar-refractivity contribution is 9.10. The molecule has 2 amide bonds. The topological polar surface area (TPSA) is 94.3 Å². The highest BCUT2D eigenvalue weighted by atomic mass is 79.9. The van der Waals surface area contributed by atoms with Gasteiger partial charge in [0, 0.05) is 11.8 Å². The lowest BCUT2D eigenvalue weighted by Crippen LogP contribution is -2.19. The van der Waals surface area contributed by atoms with Gasteiger partial charge in [-0.25, -0.2) is 0 Å². The van der Waals surface area contributed by atoms with Crippen molar-refractivity contribution in [1.29, 1.82) is 0 Å². The third-order valence-corrected chi connectivity index (χ3v) is 5.16. The number of carbonyl (C=O) groups is 2. The number of primary amides is 1. The number of methoxy groups -OCH3 is 1. The molecule has 2 aromatic carbocycles. The van der Waals surface area contributed by atoms with E-state index in [4.69, 9.17) is 10.5 Å². The van der Waals surface area contributed by atoms with Crippen molar-refractivity contribution >= 4 is 33.4 Å². The third kappa shape index (κ3) is 5.04. The molecule has 0 aliphatic rings. The van der Waals surface area contributed by atoms with Crippen molar-refractivity contribution in [3.05, 3.63) is 75.4 Å². The predicted molar refractivity (Wildman–Crippen MR) is 121 cm³/mol. The Balaban J connectivity index is 1.75. The first-order valence-electron chi connectivity index (χ1n) is 9.27. The maximum atomic E-state index is 12.5. The Bertz CT molecular complexity index is 1090. The fourth-order valence-electron chi connectivity index (χ4n) is 3.22. The van der Waals surface area contributed by atoms with Gasteiger partial charge in [0.2, 0.25) is 5.91 Å². The van der Waals surface area contributed by atoms with Gasteiger partial charge >= 0.3 is 0 Å². The molecule has 1 aromatic heterocycles. The summed E-state index contributed by atoms with van der Waals surface area (Å²) in [6.07, 6.45) is 1.80. The highest BCUT2D eigenvalue weighted by Gasteiger charge is 2.16. The second kappa shape index (κ2) is 9.09. The van der Waals surface area contributed by atoms with E-state index in [1.165, 1.54) is 24.3 Å². The number of halogens is 1. The summed E-state index contributed by atoms with van der Waals surface area (Å²) in [6.45, 7) is 4.10. The quantitative estimate of drug-likeness (QED) is 0.560. The molecule has 0 aliphatic carbocycles. The zero-order valence-corrected chi connectivity index (χ0v) is 18.5. The molecule has 0 atom stereocenters. The number of rotatable bonds is 6. The van der Waals surface area contributed by atoms with E-state index in [1.807, 2.05) is 26.0 Å². The van der Waals surface area contributed by atoms with Gasteiger partial charge in [0.05, 0.1) is 34.9 Å². The van der Waals surface area contributed by atoms with Crippen molar-refractivity contribution in [3.63, 3.8) is 0 Å². The molecule has 3 N–H and O–H groups in total. The zero-order valence-electron chi connectivity index (χ0n) is 17.0. The average Bonchev–Trinajstić information content (AvgIpc) is 2.67. The van der Waals surface area contributed by atoms with E-state index in [-0.39, 0.29) is 17.9 Å². The van der Waals surface area contributed by atoms with Gasteiger partial charge in [-0.3, -0.25) is 14.6 Å². The number of nitrogens with one attached hydrogen (secondary N) is 1.